The Morgan fingerprint density at radius 1 is 1.41 bits per heavy atom. The lowest BCUT2D eigenvalue weighted by Gasteiger charge is -2.07. The lowest BCUT2D eigenvalue weighted by molar-refractivity contribution is -0.137. The second kappa shape index (κ2) is 4.90. The average molecular weight is 246 g/mol. The monoisotopic (exact) mass is 246 g/mol. The predicted molar refractivity (Wildman–Crippen MR) is 54.2 cm³/mol. The van der Waals surface area contributed by atoms with Gasteiger partial charge in [0.1, 0.15) is 5.75 Å². The number of rotatable bonds is 2. The number of ether oxygens (including phenoxy) is 1. The molecular weight excluding hydrogens is 237 g/mol. The Balaban J connectivity index is 2.99. The van der Waals surface area contributed by atoms with Gasteiger partial charge in [-0.2, -0.15) is 13.2 Å². The normalized spacial score (nSPS) is 11.8. The molecule has 1 N–H and O–H groups in total. The molecule has 0 spiro atoms. The Kier molecular flexibility index (Phi) is 3.77. The number of hydrogen-bond donors (Lipinski definition) is 1. The van der Waals surface area contributed by atoms with E-state index in [1.165, 1.54) is 13.2 Å². The minimum absolute atomic E-state index is 0.100. The molecule has 0 aliphatic carbocycles. The third kappa shape index (κ3) is 3.51. The SMILES string of the molecule is COC(=O)C=Cc1ccc(C(F)(F)F)cc1O. The molecule has 0 aliphatic heterocycles. The quantitative estimate of drug-likeness (QED) is 0.644. The van der Waals surface area contributed by atoms with Crippen LogP contribution in [0.5, 0.6) is 5.75 Å². The van der Waals surface area contributed by atoms with Gasteiger partial charge in [0.25, 0.3) is 0 Å². The van der Waals surface area contributed by atoms with Crippen molar-refractivity contribution >= 4 is 12.0 Å². The van der Waals surface area contributed by atoms with Crippen LogP contribution in [0.15, 0.2) is 24.3 Å². The summed E-state index contributed by atoms with van der Waals surface area (Å²) in [6, 6.07) is 2.48. The molecule has 0 amide bonds. The van der Waals surface area contributed by atoms with Crippen LogP contribution in [0, 0.1) is 0 Å². The highest BCUT2D eigenvalue weighted by Gasteiger charge is 2.30. The Labute approximate surface area is 95.1 Å². The zero-order valence-corrected chi connectivity index (χ0v) is 8.78. The van der Waals surface area contributed by atoms with Crippen LogP contribution in [0.1, 0.15) is 11.1 Å². The molecular formula is C11H9F3O3. The number of halogens is 3. The number of esters is 1. The molecule has 17 heavy (non-hydrogen) atoms. The van der Waals surface area contributed by atoms with Crippen molar-refractivity contribution in [3.63, 3.8) is 0 Å². The van der Waals surface area contributed by atoms with E-state index in [2.05, 4.69) is 4.74 Å². The summed E-state index contributed by atoms with van der Waals surface area (Å²) >= 11 is 0. The number of phenols is 1. The van der Waals surface area contributed by atoms with Gasteiger partial charge in [0.05, 0.1) is 12.7 Å². The maximum atomic E-state index is 12.3. The van der Waals surface area contributed by atoms with Crippen LogP contribution in [0.2, 0.25) is 0 Å². The van der Waals surface area contributed by atoms with Crippen LogP contribution in [0.4, 0.5) is 13.2 Å². The highest BCUT2D eigenvalue weighted by atomic mass is 19.4. The summed E-state index contributed by atoms with van der Waals surface area (Å²) in [5, 5.41) is 9.34. The summed E-state index contributed by atoms with van der Waals surface area (Å²) in [6.07, 6.45) is -2.34. The molecule has 1 aromatic rings. The van der Waals surface area contributed by atoms with E-state index in [0.717, 1.165) is 18.2 Å². The highest BCUT2D eigenvalue weighted by Crippen LogP contribution is 2.32. The van der Waals surface area contributed by atoms with Gasteiger partial charge < -0.3 is 9.84 Å². The summed E-state index contributed by atoms with van der Waals surface area (Å²) in [5.41, 5.74) is -0.853. The van der Waals surface area contributed by atoms with Crippen molar-refractivity contribution in [1.29, 1.82) is 0 Å². The van der Waals surface area contributed by atoms with Crippen molar-refractivity contribution in [1.82, 2.24) is 0 Å². The summed E-state index contributed by atoms with van der Waals surface area (Å²) in [7, 11) is 1.17. The van der Waals surface area contributed by atoms with Crippen molar-refractivity contribution in [3.8, 4) is 5.75 Å². The molecule has 0 radical (unpaired) electrons. The zero-order chi connectivity index (χ0) is 13.1. The Morgan fingerprint density at radius 2 is 2.06 bits per heavy atom. The van der Waals surface area contributed by atoms with Crippen LogP contribution in [-0.4, -0.2) is 18.2 Å². The van der Waals surface area contributed by atoms with E-state index in [-0.39, 0.29) is 5.56 Å². The van der Waals surface area contributed by atoms with Crippen molar-refractivity contribution < 1.29 is 27.8 Å². The second-order valence-corrected chi connectivity index (χ2v) is 3.13. The number of phenolic OH excluding ortho intramolecular Hbond substituents is 1. The molecule has 0 aliphatic rings. The summed E-state index contributed by atoms with van der Waals surface area (Å²) in [6.45, 7) is 0. The molecule has 0 bridgehead atoms. The van der Waals surface area contributed by atoms with Crippen molar-refractivity contribution in [2.75, 3.05) is 7.11 Å². The smallest absolute Gasteiger partial charge is 0.416 e. The molecule has 0 atom stereocenters. The fourth-order valence-corrected chi connectivity index (χ4v) is 1.09. The first-order chi connectivity index (χ1) is 7.84. The Bertz CT molecular complexity index is 450. The fourth-order valence-electron chi connectivity index (χ4n) is 1.09. The van der Waals surface area contributed by atoms with Gasteiger partial charge in [-0.25, -0.2) is 4.79 Å². The first kappa shape index (κ1) is 13.1. The van der Waals surface area contributed by atoms with E-state index >= 15 is 0 Å². The van der Waals surface area contributed by atoms with Gasteiger partial charge in [0.2, 0.25) is 0 Å². The van der Waals surface area contributed by atoms with Gasteiger partial charge in [-0.1, -0.05) is 6.07 Å². The van der Waals surface area contributed by atoms with E-state index in [4.69, 9.17) is 0 Å². The van der Waals surface area contributed by atoms with Crippen LogP contribution >= 0.6 is 0 Å². The number of carbonyl (C=O) groups excluding carboxylic acids is 1. The van der Waals surface area contributed by atoms with Crippen LogP contribution in [-0.2, 0) is 15.7 Å². The maximum absolute atomic E-state index is 12.3. The van der Waals surface area contributed by atoms with Crippen molar-refractivity contribution in [2.45, 2.75) is 6.18 Å². The van der Waals surface area contributed by atoms with E-state index in [1.807, 2.05) is 0 Å². The molecule has 92 valence electrons. The van der Waals surface area contributed by atoms with Gasteiger partial charge in [0.15, 0.2) is 0 Å². The highest BCUT2D eigenvalue weighted by molar-refractivity contribution is 5.87. The summed E-state index contributed by atoms with van der Waals surface area (Å²) in [4.78, 5) is 10.8. The number of carbonyl (C=O) groups is 1. The minimum atomic E-state index is -4.51. The van der Waals surface area contributed by atoms with Crippen LogP contribution in [0.25, 0.3) is 6.08 Å². The largest absolute Gasteiger partial charge is 0.507 e. The second-order valence-electron chi connectivity index (χ2n) is 3.13. The lowest BCUT2D eigenvalue weighted by Crippen LogP contribution is -2.04. The standard InChI is InChI=1S/C11H9F3O3/c1-17-10(16)5-3-7-2-4-8(6-9(7)15)11(12,13)14/h2-6,15H,1H3. The van der Waals surface area contributed by atoms with E-state index in [0.29, 0.717) is 6.07 Å². The number of benzene rings is 1. The van der Waals surface area contributed by atoms with Crippen molar-refractivity contribution in [3.05, 3.63) is 35.4 Å². The van der Waals surface area contributed by atoms with Gasteiger partial charge in [-0.15, -0.1) is 0 Å². The van der Waals surface area contributed by atoms with Gasteiger partial charge in [-0.3, -0.25) is 0 Å². The number of methoxy groups -OCH3 is 1. The summed E-state index contributed by atoms with van der Waals surface area (Å²) in [5.74, 6) is -1.22. The first-order valence-corrected chi connectivity index (χ1v) is 4.51. The molecule has 1 rings (SSSR count). The van der Waals surface area contributed by atoms with Gasteiger partial charge in [0, 0.05) is 11.6 Å². The Morgan fingerprint density at radius 3 is 2.53 bits per heavy atom. The Hall–Kier alpha value is -1.98. The topological polar surface area (TPSA) is 46.5 Å². The molecule has 0 heterocycles. The number of alkyl halides is 3. The van der Waals surface area contributed by atoms with Crippen LogP contribution < -0.4 is 0 Å². The predicted octanol–water partition coefficient (Wildman–Crippen LogP) is 2.60. The van der Waals surface area contributed by atoms with Gasteiger partial charge in [-0.05, 0) is 18.2 Å². The lowest BCUT2D eigenvalue weighted by atomic mass is 10.1. The van der Waals surface area contributed by atoms with E-state index < -0.39 is 23.5 Å². The third-order valence-electron chi connectivity index (χ3n) is 1.96. The maximum Gasteiger partial charge on any atom is 0.416 e. The molecule has 6 heteroatoms. The summed E-state index contributed by atoms with van der Waals surface area (Å²) < 4.78 is 41.1. The molecule has 0 fully saturated rings. The fraction of sp³-hybridized carbons (Fsp3) is 0.182. The number of hydrogen-bond acceptors (Lipinski definition) is 3. The molecule has 0 saturated heterocycles. The zero-order valence-electron chi connectivity index (χ0n) is 8.78. The number of aromatic hydroxyl groups is 1. The molecule has 3 nitrogen and oxygen atoms in total. The van der Waals surface area contributed by atoms with E-state index in [1.54, 1.807) is 0 Å². The van der Waals surface area contributed by atoms with Crippen LogP contribution in [0.3, 0.4) is 0 Å². The molecule has 0 unspecified atom stereocenters. The van der Waals surface area contributed by atoms with E-state index in [9.17, 15) is 23.1 Å². The molecule has 0 aromatic heterocycles. The third-order valence-corrected chi connectivity index (χ3v) is 1.96. The molecule has 0 saturated carbocycles. The van der Waals surface area contributed by atoms with Gasteiger partial charge >= 0.3 is 12.1 Å². The van der Waals surface area contributed by atoms with Crippen molar-refractivity contribution in [2.24, 2.45) is 0 Å². The minimum Gasteiger partial charge on any atom is -0.507 e. The molecule has 1 aromatic carbocycles. The first-order valence-electron chi connectivity index (χ1n) is 4.51. The average Bonchev–Trinajstić information content (AvgIpc) is 2.25.